The maximum Gasteiger partial charge on any atom is 0.145 e. The number of hydrogen-bond donors (Lipinski definition) is 2. The lowest BCUT2D eigenvalue weighted by Gasteiger charge is -2.30. The van der Waals surface area contributed by atoms with Crippen molar-refractivity contribution in [2.24, 2.45) is 0 Å². The van der Waals surface area contributed by atoms with Crippen LogP contribution in [-0.2, 0) is 0 Å². The van der Waals surface area contributed by atoms with Crippen molar-refractivity contribution in [3.63, 3.8) is 0 Å². The third-order valence-electron chi connectivity index (χ3n) is 4.46. The van der Waals surface area contributed by atoms with Crippen LogP contribution in [0.3, 0.4) is 0 Å². The summed E-state index contributed by atoms with van der Waals surface area (Å²) >= 11 is 0. The van der Waals surface area contributed by atoms with Gasteiger partial charge in [0.15, 0.2) is 0 Å². The average molecular weight is 326 g/mol. The first-order valence-electron chi connectivity index (χ1n) is 8.16. The highest BCUT2D eigenvalue weighted by Crippen LogP contribution is 2.21. The summed E-state index contributed by atoms with van der Waals surface area (Å²) in [6, 6.07) is 3.74. The number of anilines is 1. The van der Waals surface area contributed by atoms with Gasteiger partial charge >= 0.3 is 0 Å². The molecule has 3 aromatic heterocycles. The molecule has 0 aliphatic carbocycles. The van der Waals surface area contributed by atoms with E-state index in [-0.39, 0.29) is 5.82 Å². The number of imidazole rings is 1. The topological polar surface area (TPSA) is 67.1 Å². The highest BCUT2D eigenvalue weighted by Gasteiger charge is 2.21. The van der Waals surface area contributed by atoms with Gasteiger partial charge in [0.05, 0.1) is 24.3 Å². The maximum absolute atomic E-state index is 13.5. The van der Waals surface area contributed by atoms with Gasteiger partial charge in [-0.25, -0.2) is 14.4 Å². The summed E-state index contributed by atoms with van der Waals surface area (Å²) in [6.07, 6.45) is 8.72. The van der Waals surface area contributed by atoms with Gasteiger partial charge in [-0.3, -0.25) is 9.38 Å². The van der Waals surface area contributed by atoms with E-state index >= 15 is 0 Å². The summed E-state index contributed by atoms with van der Waals surface area (Å²) in [5.74, 6) is 0.408. The first-order valence-corrected chi connectivity index (χ1v) is 8.16. The van der Waals surface area contributed by atoms with Gasteiger partial charge in [0.25, 0.3) is 0 Å². The summed E-state index contributed by atoms with van der Waals surface area (Å²) in [5.41, 5.74) is 2.06. The number of rotatable bonds is 3. The van der Waals surface area contributed by atoms with E-state index < -0.39 is 0 Å². The molecule has 2 atom stereocenters. The van der Waals surface area contributed by atoms with Gasteiger partial charge in [-0.2, -0.15) is 0 Å². The monoisotopic (exact) mass is 326 g/mol. The summed E-state index contributed by atoms with van der Waals surface area (Å²) < 4.78 is 15.2. The van der Waals surface area contributed by atoms with E-state index in [2.05, 4.69) is 32.5 Å². The third kappa shape index (κ3) is 2.82. The highest BCUT2D eigenvalue weighted by atomic mass is 19.1. The van der Waals surface area contributed by atoms with E-state index in [0.29, 0.717) is 23.4 Å². The number of hydrogen-bond acceptors (Lipinski definition) is 5. The largest absolute Gasteiger partial charge is 0.364 e. The molecule has 4 rings (SSSR count). The Morgan fingerprint density at radius 1 is 1.29 bits per heavy atom. The van der Waals surface area contributed by atoms with Gasteiger partial charge in [0.1, 0.15) is 23.0 Å². The fourth-order valence-electron chi connectivity index (χ4n) is 3.13. The molecule has 0 spiro atoms. The Kier molecular flexibility index (Phi) is 3.86. The van der Waals surface area contributed by atoms with Crippen LogP contribution in [0.15, 0.2) is 36.9 Å². The van der Waals surface area contributed by atoms with Gasteiger partial charge < -0.3 is 10.6 Å². The van der Waals surface area contributed by atoms with Gasteiger partial charge in [-0.05, 0) is 38.4 Å². The van der Waals surface area contributed by atoms with Crippen molar-refractivity contribution in [1.82, 2.24) is 24.7 Å². The second-order valence-electron chi connectivity index (χ2n) is 6.14. The second kappa shape index (κ2) is 6.16. The van der Waals surface area contributed by atoms with Crippen LogP contribution in [-0.4, -0.2) is 38.0 Å². The Morgan fingerprint density at radius 3 is 3.08 bits per heavy atom. The first-order chi connectivity index (χ1) is 11.7. The Bertz CT molecular complexity index is 861. The first kappa shape index (κ1) is 15.0. The van der Waals surface area contributed by atoms with E-state index in [1.807, 2.05) is 0 Å². The Labute approximate surface area is 139 Å². The standard InChI is InChI=1S/C17H19FN6/c1-11-13(3-2-6-20-11)22-16-9-19-7-14(23-16)15-8-21-17-5-4-12(18)10-24(15)17/h4-5,7-11,13,20H,2-3,6H2,1H3,(H,22,23)/t11-,13-/m1/s1. The molecule has 1 fully saturated rings. The van der Waals surface area contributed by atoms with Crippen molar-refractivity contribution in [2.45, 2.75) is 31.8 Å². The molecule has 0 aromatic carbocycles. The molecule has 1 aliphatic rings. The van der Waals surface area contributed by atoms with Crippen molar-refractivity contribution in [3.05, 3.63) is 42.7 Å². The lowest BCUT2D eigenvalue weighted by Crippen LogP contribution is -2.46. The van der Waals surface area contributed by atoms with Crippen LogP contribution in [0.25, 0.3) is 17.0 Å². The van der Waals surface area contributed by atoms with Gasteiger partial charge in [0, 0.05) is 18.3 Å². The van der Waals surface area contributed by atoms with Crippen molar-refractivity contribution in [1.29, 1.82) is 0 Å². The molecular formula is C17H19FN6. The van der Waals surface area contributed by atoms with Crippen molar-refractivity contribution in [2.75, 3.05) is 11.9 Å². The number of piperidine rings is 1. The normalized spacial score (nSPS) is 21.1. The van der Waals surface area contributed by atoms with Crippen molar-refractivity contribution >= 4 is 11.5 Å². The number of halogens is 1. The fraction of sp³-hybridized carbons (Fsp3) is 0.353. The molecule has 0 unspecified atom stereocenters. The highest BCUT2D eigenvalue weighted by molar-refractivity contribution is 5.60. The van der Waals surface area contributed by atoms with E-state index in [4.69, 9.17) is 0 Å². The van der Waals surface area contributed by atoms with Gasteiger partial charge in [-0.15, -0.1) is 0 Å². The van der Waals surface area contributed by atoms with E-state index in [1.54, 1.807) is 29.1 Å². The molecule has 0 amide bonds. The quantitative estimate of drug-likeness (QED) is 0.774. The molecule has 0 bridgehead atoms. The minimum absolute atomic E-state index is 0.314. The number of pyridine rings is 1. The third-order valence-corrected chi connectivity index (χ3v) is 4.46. The van der Waals surface area contributed by atoms with E-state index in [0.717, 1.165) is 30.9 Å². The minimum atomic E-state index is -0.314. The van der Waals surface area contributed by atoms with Crippen molar-refractivity contribution < 1.29 is 4.39 Å². The van der Waals surface area contributed by atoms with Gasteiger partial charge in [-0.1, -0.05) is 0 Å². The second-order valence-corrected chi connectivity index (χ2v) is 6.14. The summed E-state index contributed by atoms with van der Waals surface area (Å²) in [6.45, 7) is 3.22. The van der Waals surface area contributed by atoms with Crippen LogP contribution in [0.4, 0.5) is 10.2 Å². The fourth-order valence-corrected chi connectivity index (χ4v) is 3.13. The molecule has 6 nitrogen and oxygen atoms in total. The molecular weight excluding hydrogens is 307 g/mol. The number of aromatic nitrogens is 4. The molecule has 7 heteroatoms. The van der Waals surface area contributed by atoms with Crippen LogP contribution in [0.2, 0.25) is 0 Å². The summed E-state index contributed by atoms with van der Waals surface area (Å²) in [7, 11) is 0. The lowest BCUT2D eigenvalue weighted by atomic mass is 10.00. The molecule has 124 valence electrons. The number of fused-ring (bicyclic) bond motifs is 1. The van der Waals surface area contributed by atoms with Crippen LogP contribution < -0.4 is 10.6 Å². The molecule has 1 aliphatic heterocycles. The molecule has 24 heavy (non-hydrogen) atoms. The zero-order valence-corrected chi connectivity index (χ0v) is 13.4. The Morgan fingerprint density at radius 2 is 2.21 bits per heavy atom. The summed E-state index contributed by atoms with van der Waals surface area (Å²) in [4.78, 5) is 13.2. The average Bonchev–Trinajstić information content (AvgIpc) is 3.00. The predicted octanol–water partition coefficient (Wildman–Crippen LogP) is 2.48. The van der Waals surface area contributed by atoms with E-state index in [9.17, 15) is 4.39 Å². The predicted molar refractivity (Wildman–Crippen MR) is 90.3 cm³/mol. The molecule has 0 radical (unpaired) electrons. The van der Waals surface area contributed by atoms with Crippen LogP contribution in [0.5, 0.6) is 0 Å². The SMILES string of the molecule is C[C@H]1NCCC[C@H]1Nc1cncc(-c2cnc3ccc(F)cn23)n1. The summed E-state index contributed by atoms with van der Waals surface area (Å²) in [5, 5.41) is 6.91. The molecule has 1 saturated heterocycles. The van der Waals surface area contributed by atoms with Crippen LogP contribution in [0.1, 0.15) is 19.8 Å². The molecule has 4 heterocycles. The minimum Gasteiger partial charge on any atom is -0.364 e. The van der Waals surface area contributed by atoms with E-state index in [1.165, 1.54) is 12.3 Å². The number of nitrogens with one attached hydrogen (secondary N) is 2. The maximum atomic E-state index is 13.5. The van der Waals surface area contributed by atoms with Crippen LogP contribution in [0, 0.1) is 5.82 Å². The lowest BCUT2D eigenvalue weighted by molar-refractivity contribution is 0.388. The van der Waals surface area contributed by atoms with Crippen LogP contribution >= 0.6 is 0 Å². The molecule has 3 aromatic rings. The molecule has 2 N–H and O–H groups in total. The Balaban J connectivity index is 1.65. The van der Waals surface area contributed by atoms with Gasteiger partial charge in [0.2, 0.25) is 0 Å². The Hall–Kier alpha value is -2.54. The molecule has 0 saturated carbocycles. The number of nitrogens with zero attached hydrogens (tertiary/aromatic N) is 4. The zero-order chi connectivity index (χ0) is 16.5. The smallest absolute Gasteiger partial charge is 0.145 e. The van der Waals surface area contributed by atoms with Crippen molar-refractivity contribution in [3.8, 4) is 11.4 Å². The zero-order valence-electron chi connectivity index (χ0n) is 13.4.